The maximum absolute atomic E-state index is 12.9. The van der Waals surface area contributed by atoms with E-state index in [9.17, 15) is 54.9 Å². The molecule has 17 heteroatoms. The first-order valence-corrected chi connectivity index (χ1v) is 17.0. The van der Waals surface area contributed by atoms with Gasteiger partial charge in [-0.1, -0.05) is 41.4 Å². The van der Waals surface area contributed by atoms with Gasteiger partial charge in [0.2, 0.25) is 11.4 Å². The Bertz CT molecular complexity index is 2100. The molecule has 0 radical (unpaired) electrons. The number of fused-ring (bicyclic) bond motifs is 2. The molecule has 2 aromatic heterocycles. The molecule has 0 fully saturated rings. The summed E-state index contributed by atoms with van der Waals surface area (Å²) in [5.74, 6) is -2.37. The van der Waals surface area contributed by atoms with Crippen molar-refractivity contribution in [1.82, 2.24) is 19.1 Å². The first-order valence-electron chi connectivity index (χ1n) is 17.0. The fourth-order valence-corrected chi connectivity index (χ4v) is 5.42. The Balaban J connectivity index is 0.00000103. The molecule has 56 heavy (non-hydrogen) atoms. The van der Waals surface area contributed by atoms with Gasteiger partial charge >= 0.3 is 11.9 Å². The van der Waals surface area contributed by atoms with Gasteiger partial charge in [-0.3, -0.25) is 14.3 Å². The molecule has 7 N–H and O–H groups in total. The number of carboxylic acids is 1. The van der Waals surface area contributed by atoms with Gasteiger partial charge in [-0.15, -0.1) is 0 Å². The van der Waals surface area contributed by atoms with Crippen molar-refractivity contribution in [3.05, 3.63) is 91.3 Å². The number of halogens is 1. The number of aromatic carboxylic acids is 1. The third-order valence-electron chi connectivity index (χ3n) is 9.00. The van der Waals surface area contributed by atoms with Crippen LogP contribution in [0.25, 0.3) is 22.1 Å². The SMILES string of the molecule is C.C.C=CCOC(=O)c1nc2cc(C)c(C)cc2n(C[C@H](O)[C@H](O)[C@H](O)CC)c1=O.CC[C@@H](O)[C@@H](O)[C@@H](O)Cn1c(=O)c(C(=O)O)nc2cc(C)c(C)cc21.F. The number of rotatable bonds is 14. The van der Waals surface area contributed by atoms with E-state index in [4.69, 9.17) is 4.74 Å². The van der Waals surface area contributed by atoms with Crippen molar-refractivity contribution < 1.29 is 54.8 Å². The molecular weight excluding hydrogens is 735 g/mol. The first kappa shape index (κ1) is 51.1. The van der Waals surface area contributed by atoms with Crippen LogP contribution >= 0.6 is 0 Å². The molecule has 4 rings (SSSR count). The summed E-state index contributed by atoms with van der Waals surface area (Å²) < 4.78 is 7.19. The van der Waals surface area contributed by atoms with E-state index in [0.717, 1.165) is 26.8 Å². The lowest BCUT2D eigenvalue weighted by atomic mass is 10.1. The largest absolute Gasteiger partial charge is 0.476 e. The van der Waals surface area contributed by atoms with Crippen LogP contribution in [0.3, 0.4) is 0 Å². The van der Waals surface area contributed by atoms with Crippen LogP contribution in [0.1, 0.15) is 84.8 Å². The standard InChI is InChI=1S/C20H26N2O6.C17H22N2O6.2CH4.FH/c1-5-7-28-20(27)17-19(26)22(10-16(24)18(25)15(23)6-2)14-9-12(4)11(3)8-13(14)21-17;1-4-12(20)15(22)13(21)7-19-11-6-9(3)8(2)5-10(11)18-14(16(19)23)17(24)25;;;/h5,8-9,15-16,18,23-25H,1,6-7,10H2,2-4H3;5-6,12-13,15,20-22H,4,7H2,1-3H3,(H,24,25);2*1H4;1H/t15-,16+,18-;12-,13+,15-;;;/m11.../s1. The second-order valence-electron chi connectivity index (χ2n) is 12.9. The maximum Gasteiger partial charge on any atom is 0.363 e. The normalized spacial score (nSPS) is 14.0. The van der Waals surface area contributed by atoms with Gasteiger partial charge in [-0.05, 0) is 87.1 Å². The van der Waals surface area contributed by atoms with Crippen LogP contribution in [0.2, 0.25) is 0 Å². The molecule has 2 heterocycles. The zero-order valence-electron chi connectivity index (χ0n) is 31.0. The van der Waals surface area contributed by atoms with Crippen molar-refractivity contribution in [2.24, 2.45) is 0 Å². The van der Waals surface area contributed by atoms with Gasteiger partial charge in [-0.2, -0.15) is 0 Å². The molecule has 0 aliphatic heterocycles. The first-order chi connectivity index (χ1) is 24.9. The number of ether oxygens (including phenoxy) is 1. The van der Waals surface area contributed by atoms with Crippen LogP contribution in [0.15, 0.2) is 46.5 Å². The molecular formula is C39H57FN4O12. The number of aliphatic hydroxyl groups excluding tert-OH is 6. The zero-order chi connectivity index (χ0) is 39.9. The summed E-state index contributed by atoms with van der Waals surface area (Å²) in [6.45, 7) is 13.4. The van der Waals surface area contributed by atoms with E-state index in [-0.39, 0.29) is 52.1 Å². The molecule has 0 amide bonds. The number of hydrogen-bond acceptors (Lipinski definition) is 13. The number of carbonyl (C=O) groups is 2. The number of benzene rings is 2. The fourth-order valence-electron chi connectivity index (χ4n) is 5.42. The van der Waals surface area contributed by atoms with E-state index in [1.165, 1.54) is 10.6 Å². The molecule has 0 aliphatic carbocycles. The molecule has 0 aliphatic rings. The number of aryl methyl sites for hydroxylation is 4. The Morgan fingerprint density at radius 1 is 0.696 bits per heavy atom. The molecule has 6 atom stereocenters. The second-order valence-corrected chi connectivity index (χ2v) is 12.9. The average molecular weight is 793 g/mol. The van der Waals surface area contributed by atoms with E-state index < -0.39 is 71.1 Å². The van der Waals surface area contributed by atoms with Crippen molar-refractivity contribution in [3.8, 4) is 0 Å². The minimum Gasteiger partial charge on any atom is -0.476 e. The number of nitrogens with zero attached hydrogens (tertiary/aromatic N) is 4. The third-order valence-corrected chi connectivity index (χ3v) is 9.00. The average Bonchev–Trinajstić information content (AvgIpc) is 3.12. The number of carbonyl (C=O) groups excluding carboxylic acids is 1. The summed E-state index contributed by atoms with van der Waals surface area (Å²) in [5.41, 5.74) is 2.31. The Hall–Kier alpha value is -4.91. The molecule has 0 bridgehead atoms. The highest BCUT2D eigenvalue weighted by Crippen LogP contribution is 2.20. The predicted molar refractivity (Wildman–Crippen MR) is 211 cm³/mol. The van der Waals surface area contributed by atoms with Crippen LogP contribution in [-0.4, -0.2) is 110 Å². The lowest BCUT2D eigenvalue weighted by Gasteiger charge is -2.23. The van der Waals surface area contributed by atoms with Crippen LogP contribution in [0.4, 0.5) is 4.70 Å². The molecule has 0 saturated carbocycles. The Morgan fingerprint density at radius 2 is 1.05 bits per heavy atom. The zero-order valence-corrected chi connectivity index (χ0v) is 31.0. The molecule has 2 aromatic carbocycles. The lowest BCUT2D eigenvalue weighted by molar-refractivity contribution is -0.0651. The van der Waals surface area contributed by atoms with Gasteiger partial charge in [0.05, 0.1) is 47.4 Å². The summed E-state index contributed by atoms with van der Waals surface area (Å²) >= 11 is 0. The second kappa shape index (κ2) is 22.0. The smallest absolute Gasteiger partial charge is 0.363 e. The highest BCUT2D eigenvalue weighted by molar-refractivity contribution is 5.90. The molecule has 4 aromatic rings. The number of aromatic nitrogens is 4. The van der Waals surface area contributed by atoms with E-state index in [0.29, 0.717) is 22.1 Å². The van der Waals surface area contributed by atoms with Crippen molar-refractivity contribution in [3.63, 3.8) is 0 Å². The van der Waals surface area contributed by atoms with Gasteiger partial charge < -0.3 is 49.6 Å². The molecule has 0 spiro atoms. The summed E-state index contributed by atoms with van der Waals surface area (Å²) in [5, 5.41) is 69.2. The van der Waals surface area contributed by atoms with E-state index in [2.05, 4.69) is 16.5 Å². The van der Waals surface area contributed by atoms with Crippen LogP contribution < -0.4 is 11.1 Å². The maximum atomic E-state index is 12.9. The fraction of sp³-hybridized carbons (Fsp3) is 0.487. The van der Waals surface area contributed by atoms with Crippen molar-refractivity contribution in [2.75, 3.05) is 6.61 Å². The minimum absolute atomic E-state index is 0. The highest BCUT2D eigenvalue weighted by atomic mass is 19.0. The summed E-state index contributed by atoms with van der Waals surface area (Å²) in [7, 11) is 0. The van der Waals surface area contributed by atoms with Gasteiger partial charge in [0.25, 0.3) is 11.1 Å². The van der Waals surface area contributed by atoms with Crippen LogP contribution in [0, 0.1) is 27.7 Å². The summed E-state index contributed by atoms with van der Waals surface area (Å²) in [6.07, 6.45) is -6.22. The van der Waals surface area contributed by atoms with Gasteiger partial charge in [0, 0.05) is 0 Å². The monoisotopic (exact) mass is 792 g/mol. The predicted octanol–water partition coefficient (Wildman–Crippen LogP) is 2.48. The van der Waals surface area contributed by atoms with Crippen molar-refractivity contribution in [2.45, 2.75) is 119 Å². The Morgan fingerprint density at radius 3 is 1.41 bits per heavy atom. The Kier molecular flexibility index (Phi) is 20.1. The van der Waals surface area contributed by atoms with Gasteiger partial charge in [0.15, 0.2) is 0 Å². The van der Waals surface area contributed by atoms with Crippen LogP contribution in [0.5, 0.6) is 0 Å². The lowest BCUT2D eigenvalue weighted by Crippen LogP contribution is -2.42. The molecule has 16 nitrogen and oxygen atoms in total. The third kappa shape index (κ3) is 11.6. The van der Waals surface area contributed by atoms with Gasteiger partial charge in [-0.25, -0.2) is 19.6 Å². The molecule has 0 saturated heterocycles. The van der Waals surface area contributed by atoms with E-state index in [1.54, 1.807) is 38.1 Å². The summed E-state index contributed by atoms with van der Waals surface area (Å²) in [6, 6.07) is 6.80. The quantitative estimate of drug-likeness (QED) is 0.0716. The van der Waals surface area contributed by atoms with Crippen molar-refractivity contribution >= 4 is 34.0 Å². The number of aliphatic hydroxyl groups is 6. The molecule has 0 unspecified atom stereocenters. The number of carboxylic acid groups (broad SMARTS) is 1. The number of esters is 1. The van der Waals surface area contributed by atoms with E-state index in [1.807, 2.05) is 27.7 Å². The topological polar surface area (TPSA) is 255 Å². The van der Waals surface area contributed by atoms with E-state index >= 15 is 0 Å². The van der Waals surface area contributed by atoms with Crippen molar-refractivity contribution in [1.29, 1.82) is 0 Å². The number of hydrogen-bond donors (Lipinski definition) is 7. The Labute approximate surface area is 324 Å². The molecule has 312 valence electrons. The van der Waals surface area contributed by atoms with Gasteiger partial charge in [0.1, 0.15) is 31.0 Å². The summed E-state index contributed by atoms with van der Waals surface area (Å²) in [4.78, 5) is 57.0. The van der Waals surface area contributed by atoms with Crippen LogP contribution in [-0.2, 0) is 17.8 Å². The minimum atomic E-state index is -1.47. The highest BCUT2D eigenvalue weighted by Gasteiger charge is 2.28.